The van der Waals surface area contributed by atoms with Crippen LogP contribution in [-0.2, 0) is 4.79 Å². The molecule has 0 bridgehead atoms. The van der Waals surface area contributed by atoms with Crippen molar-refractivity contribution in [3.63, 3.8) is 0 Å². The Bertz CT molecular complexity index is 302. The number of nitrogens with two attached hydrogens (primary N) is 1. The molecule has 19 heavy (non-hydrogen) atoms. The fraction of sp³-hybridized carbons (Fsp3) is 0.857. The lowest BCUT2D eigenvalue weighted by atomic mass is 9.86. The highest BCUT2D eigenvalue weighted by Crippen LogP contribution is 2.19. The molecule has 0 spiro atoms. The summed E-state index contributed by atoms with van der Waals surface area (Å²) in [6.07, 6.45) is 0. The third-order valence-electron chi connectivity index (χ3n) is 2.89. The average Bonchev–Trinajstić information content (AvgIpc) is 2.34. The topological polar surface area (TPSA) is 82.2 Å². The van der Waals surface area contributed by atoms with Crippen molar-refractivity contribution >= 4 is 5.91 Å². The van der Waals surface area contributed by atoms with Crippen LogP contribution in [0, 0.1) is 16.7 Å². The van der Waals surface area contributed by atoms with Crippen LogP contribution in [0.2, 0.25) is 0 Å². The minimum absolute atomic E-state index is 0.188. The normalized spacial score (nSPS) is 13.9. The van der Waals surface area contributed by atoms with E-state index in [0.29, 0.717) is 6.04 Å². The van der Waals surface area contributed by atoms with Gasteiger partial charge in [0.05, 0.1) is 12.1 Å². The molecular formula is C14H30N4O. The second kappa shape index (κ2) is 8.89. The molecule has 0 saturated carbocycles. The number of nitrogens with zero attached hydrogens (tertiary/aromatic N) is 2. The van der Waals surface area contributed by atoms with Crippen LogP contribution >= 0.6 is 0 Å². The predicted octanol–water partition coefficient (Wildman–Crippen LogP) is 1.34. The number of likely N-dealkylation sites (N-methyl/N-ethyl adjacent to an activating group) is 1. The van der Waals surface area contributed by atoms with E-state index < -0.39 is 12.1 Å². The number of amides is 1. The number of carbonyl (C=O) groups is 1. The first-order valence-corrected chi connectivity index (χ1v) is 6.58. The quantitative estimate of drug-likeness (QED) is 0.811. The molecule has 0 unspecified atom stereocenters. The number of nitrogens with one attached hydrogen (secondary N) is 1. The van der Waals surface area contributed by atoms with Crippen LogP contribution in [0.5, 0.6) is 0 Å². The van der Waals surface area contributed by atoms with Crippen molar-refractivity contribution in [1.82, 2.24) is 10.2 Å². The third-order valence-corrected chi connectivity index (χ3v) is 2.89. The summed E-state index contributed by atoms with van der Waals surface area (Å²) in [6, 6.07) is 1.63. The van der Waals surface area contributed by atoms with Crippen LogP contribution in [0.15, 0.2) is 0 Å². The molecule has 3 N–H and O–H groups in total. The molecule has 5 nitrogen and oxygen atoms in total. The van der Waals surface area contributed by atoms with Gasteiger partial charge in [-0.25, -0.2) is 0 Å². The van der Waals surface area contributed by atoms with E-state index in [1.165, 1.54) is 4.90 Å². The third kappa shape index (κ3) is 8.57. The maximum atomic E-state index is 11.7. The van der Waals surface area contributed by atoms with Gasteiger partial charge in [-0.2, -0.15) is 5.26 Å². The molecule has 0 aliphatic heterocycles. The van der Waals surface area contributed by atoms with Crippen molar-refractivity contribution in [3.8, 4) is 6.07 Å². The van der Waals surface area contributed by atoms with E-state index in [0.717, 1.165) is 0 Å². The molecule has 0 fully saturated rings. The summed E-state index contributed by atoms with van der Waals surface area (Å²) < 4.78 is 0. The Labute approximate surface area is 118 Å². The average molecular weight is 270 g/mol. The van der Waals surface area contributed by atoms with E-state index in [1.54, 1.807) is 14.0 Å². The molecule has 0 aliphatic carbocycles. The van der Waals surface area contributed by atoms with Gasteiger partial charge in [-0.15, -0.1) is 0 Å². The van der Waals surface area contributed by atoms with Gasteiger partial charge in [-0.3, -0.25) is 4.79 Å². The summed E-state index contributed by atoms with van der Waals surface area (Å²) in [5.74, 6) is -0.188. The first kappa shape index (κ1) is 20.2. The van der Waals surface area contributed by atoms with Gasteiger partial charge in [-0.1, -0.05) is 34.6 Å². The number of nitriles is 1. The second-order valence-electron chi connectivity index (χ2n) is 6.04. The molecule has 0 radical (unpaired) electrons. The van der Waals surface area contributed by atoms with Gasteiger partial charge in [0.2, 0.25) is 5.91 Å². The fourth-order valence-corrected chi connectivity index (χ4v) is 0.867. The van der Waals surface area contributed by atoms with E-state index in [1.807, 2.05) is 33.9 Å². The first-order valence-electron chi connectivity index (χ1n) is 6.58. The molecule has 0 aromatic rings. The van der Waals surface area contributed by atoms with Crippen molar-refractivity contribution in [1.29, 1.82) is 5.26 Å². The smallest absolute Gasteiger partial charge is 0.240 e. The van der Waals surface area contributed by atoms with E-state index in [9.17, 15) is 4.79 Å². The first-order chi connectivity index (χ1) is 8.48. The molecule has 5 heteroatoms. The summed E-state index contributed by atoms with van der Waals surface area (Å²) in [6.45, 7) is 11.6. The van der Waals surface area contributed by atoms with Gasteiger partial charge in [0.15, 0.2) is 0 Å². The zero-order valence-electron chi connectivity index (χ0n) is 13.6. The lowest BCUT2D eigenvalue weighted by Crippen LogP contribution is -2.51. The van der Waals surface area contributed by atoms with Gasteiger partial charge < -0.3 is 16.0 Å². The fourth-order valence-electron chi connectivity index (χ4n) is 0.867. The lowest BCUT2D eigenvalue weighted by Gasteiger charge is -2.30. The highest BCUT2D eigenvalue weighted by atomic mass is 16.2. The van der Waals surface area contributed by atoms with Gasteiger partial charge in [0, 0.05) is 13.1 Å². The van der Waals surface area contributed by atoms with E-state index >= 15 is 0 Å². The maximum absolute atomic E-state index is 11.7. The highest BCUT2D eigenvalue weighted by molar-refractivity contribution is 5.82. The Kier molecular flexibility index (Phi) is 9.45. The second-order valence-corrected chi connectivity index (χ2v) is 6.04. The number of hydrogen-bond acceptors (Lipinski definition) is 4. The molecule has 0 saturated heterocycles. The molecule has 112 valence electrons. The summed E-state index contributed by atoms with van der Waals surface area (Å²) in [5, 5.41) is 11.7. The molecule has 0 aliphatic rings. The van der Waals surface area contributed by atoms with E-state index in [-0.39, 0.29) is 11.3 Å². The zero-order valence-corrected chi connectivity index (χ0v) is 13.6. The van der Waals surface area contributed by atoms with Crippen LogP contribution in [0.4, 0.5) is 0 Å². The Morgan fingerprint density at radius 2 is 1.68 bits per heavy atom. The Morgan fingerprint density at radius 3 is 1.89 bits per heavy atom. The van der Waals surface area contributed by atoms with Gasteiger partial charge >= 0.3 is 0 Å². The summed E-state index contributed by atoms with van der Waals surface area (Å²) >= 11 is 0. The Morgan fingerprint density at radius 1 is 1.32 bits per heavy atom. The van der Waals surface area contributed by atoms with Crippen molar-refractivity contribution in [2.24, 2.45) is 11.1 Å². The van der Waals surface area contributed by atoms with E-state index in [4.69, 9.17) is 11.0 Å². The Hall–Kier alpha value is -1.12. The number of carbonyl (C=O) groups excluding carboxylic acids is 1. The van der Waals surface area contributed by atoms with Gasteiger partial charge in [0.1, 0.15) is 6.04 Å². The molecule has 0 aromatic heterocycles. The Balaban J connectivity index is 0. The molecule has 2 atom stereocenters. The molecule has 1 amide bonds. The number of rotatable bonds is 3. The highest BCUT2D eigenvalue weighted by Gasteiger charge is 2.31. The maximum Gasteiger partial charge on any atom is 0.240 e. The van der Waals surface area contributed by atoms with E-state index in [2.05, 4.69) is 19.2 Å². The summed E-state index contributed by atoms with van der Waals surface area (Å²) in [5.41, 5.74) is 5.51. The summed E-state index contributed by atoms with van der Waals surface area (Å²) in [7, 11) is 3.55. The van der Waals surface area contributed by atoms with Gasteiger partial charge in [-0.05, 0) is 19.4 Å². The number of hydrogen-bond donors (Lipinski definition) is 2. The van der Waals surface area contributed by atoms with Crippen LogP contribution in [0.3, 0.4) is 0 Å². The van der Waals surface area contributed by atoms with Crippen LogP contribution in [0.25, 0.3) is 0 Å². The minimum Gasteiger partial charge on any atom is -0.329 e. The van der Waals surface area contributed by atoms with Gasteiger partial charge in [0.25, 0.3) is 0 Å². The van der Waals surface area contributed by atoms with Crippen molar-refractivity contribution in [2.75, 3.05) is 14.1 Å². The SMILES string of the molecule is CNC(C)C.C[C@@H](C#N)N(C)C(=O)[C@@H](N)C(C)(C)C. The lowest BCUT2D eigenvalue weighted by molar-refractivity contribution is -0.134. The summed E-state index contributed by atoms with van der Waals surface area (Å²) in [4.78, 5) is 13.1. The minimum atomic E-state index is -0.566. The van der Waals surface area contributed by atoms with Crippen molar-refractivity contribution < 1.29 is 4.79 Å². The van der Waals surface area contributed by atoms with Crippen LogP contribution < -0.4 is 11.1 Å². The van der Waals surface area contributed by atoms with Crippen LogP contribution in [-0.4, -0.2) is 43.0 Å². The molecular weight excluding hydrogens is 240 g/mol. The standard InChI is InChI=1S/C10H19N3O.C4H11N/c1-7(6-11)13(5)9(14)8(12)10(2,3)4;1-4(2)5-3/h7-8H,12H2,1-5H3;4-5H,1-3H3/t7-,8+;/m0./s1. The van der Waals surface area contributed by atoms with Crippen molar-refractivity contribution in [3.05, 3.63) is 0 Å². The predicted molar refractivity (Wildman–Crippen MR) is 79.5 cm³/mol. The largest absolute Gasteiger partial charge is 0.329 e. The molecule has 0 aromatic carbocycles. The van der Waals surface area contributed by atoms with Crippen LogP contribution in [0.1, 0.15) is 41.5 Å². The zero-order chi connectivity index (χ0) is 15.8. The monoisotopic (exact) mass is 270 g/mol. The molecule has 0 heterocycles. The van der Waals surface area contributed by atoms with Crippen molar-refractivity contribution in [2.45, 2.75) is 59.7 Å². The molecule has 0 rings (SSSR count).